The molecule has 1 amide bonds. The van der Waals surface area contributed by atoms with Crippen molar-refractivity contribution in [2.75, 3.05) is 53.4 Å². The summed E-state index contributed by atoms with van der Waals surface area (Å²) in [6.45, 7) is 9.45. The third-order valence-electron chi connectivity index (χ3n) is 3.75. The van der Waals surface area contributed by atoms with Crippen molar-refractivity contribution in [2.45, 2.75) is 32.7 Å². The molecule has 0 bridgehead atoms. The van der Waals surface area contributed by atoms with E-state index < -0.39 is 0 Å². The summed E-state index contributed by atoms with van der Waals surface area (Å²) in [6.07, 6.45) is 1.96. The number of amides is 1. The summed E-state index contributed by atoms with van der Waals surface area (Å²) in [5.74, 6) is 0. The topological polar surface area (TPSA) is 36.0 Å². The van der Waals surface area contributed by atoms with Crippen LogP contribution in [0.1, 0.15) is 26.7 Å². The Labute approximate surface area is 117 Å². The number of rotatable bonds is 6. The second-order valence-corrected chi connectivity index (χ2v) is 5.35. The fourth-order valence-corrected chi connectivity index (χ4v) is 2.56. The third kappa shape index (κ3) is 5.37. The highest BCUT2D eigenvalue weighted by Gasteiger charge is 2.26. The number of nitrogens with zero attached hydrogens (tertiary/aromatic N) is 3. The van der Waals surface area contributed by atoms with Crippen LogP contribution < -0.4 is 0 Å². The Morgan fingerprint density at radius 1 is 1.21 bits per heavy atom. The van der Waals surface area contributed by atoms with Crippen LogP contribution in [-0.2, 0) is 4.74 Å². The van der Waals surface area contributed by atoms with E-state index in [4.69, 9.17) is 4.74 Å². The van der Waals surface area contributed by atoms with Crippen LogP contribution in [0.15, 0.2) is 0 Å². The van der Waals surface area contributed by atoms with Crippen LogP contribution in [-0.4, -0.2) is 80.3 Å². The maximum Gasteiger partial charge on any atom is 0.409 e. The molecule has 0 spiro atoms. The second kappa shape index (κ2) is 8.38. The Morgan fingerprint density at radius 2 is 1.84 bits per heavy atom. The molecule has 0 aromatic rings. The van der Waals surface area contributed by atoms with E-state index in [-0.39, 0.29) is 6.09 Å². The molecule has 0 N–H and O–H groups in total. The zero-order valence-electron chi connectivity index (χ0n) is 12.9. The number of carbonyl (C=O) groups is 1. The highest BCUT2D eigenvalue weighted by atomic mass is 16.6. The third-order valence-corrected chi connectivity index (χ3v) is 3.75. The molecule has 1 fully saturated rings. The molecular weight excluding hydrogens is 242 g/mol. The van der Waals surface area contributed by atoms with Gasteiger partial charge in [0.25, 0.3) is 0 Å². The zero-order valence-corrected chi connectivity index (χ0v) is 12.9. The molecule has 5 nitrogen and oxygen atoms in total. The van der Waals surface area contributed by atoms with Gasteiger partial charge in [-0.1, -0.05) is 6.92 Å². The lowest BCUT2D eigenvalue weighted by atomic mass is 10.0. The van der Waals surface area contributed by atoms with Crippen LogP contribution in [0, 0.1) is 0 Å². The van der Waals surface area contributed by atoms with Crippen molar-refractivity contribution in [2.24, 2.45) is 0 Å². The van der Waals surface area contributed by atoms with E-state index in [1.807, 2.05) is 11.8 Å². The molecule has 0 saturated carbocycles. The first-order valence-corrected chi connectivity index (χ1v) is 7.39. The molecule has 1 rings (SSSR count). The summed E-state index contributed by atoms with van der Waals surface area (Å²) in [7, 11) is 4.22. The Hall–Kier alpha value is -0.810. The summed E-state index contributed by atoms with van der Waals surface area (Å²) in [5, 5.41) is 0. The van der Waals surface area contributed by atoms with Crippen molar-refractivity contribution in [3.63, 3.8) is 0 Å². The minimum atomic E-state index is -0.155. The van der Waals surface area contributed by atoms with Crippen molar-refractivity contribution >= 4 is 6.09 Å². The minimum Gasteiger partial charge on any atom is -0.450 e. The molecule has 1 heterocycles. The van der Waals surface area contributed by atoms with Crippen molar-refractivity contribution < 1.29 is 9.53 Å². The highest BCUT2D eigenvalue weighted by Crippen LogP contribution is 2.17. The maximum atomic E-state index is 11.6. The first kappa shape index (κ1) is 16.2. The quantitative estimate of drug-likeness (QED) is 0.733. The number of hydrogen-bond donors (Lipinski definition) is 0. The van der Waals surface area contributed by atoms with Gasteiger partial charge in [0.15, 0.2) is 0 Å². The molecule has 0 aromatic carbocycles. The van der Waals surface area contributed by atoms with Gasteiger partial charge in [0.05, 0.1) is 6.61 Å². The van der Waals surface area contributed by atoms with Crippen molar-refractivity contribution in [3.8, 4) is 0 Å². The Bertz CT molecular complexity index is 263. The van der Waals surface area contributed by atoms with Crippen LogP contribution >= 0.6 is 0 Å². The molecule has 0 radical (unpaired) electrons. The van der Waals surface area contributed by atoms with Crippen molar-refractivity contribution in [1.82, 2.24) is 14.7 Å². The first-order valence-electron chi connectivity index (χ1n) is 7.39. The molecule has 0 unspecified atom stereocenters. The predicted octanol–water partition coefficient (Wildman–Crippen LogP) is 1.49. The van der Waals surface area contributed by atoms with Crippen molar-refractivity contribution in [3.05, 3.63) is 0 Å². The van der Waals surface area contributed by atoms with Crippen LogP contribution in [0.5, 0.6) is 0 Å². The smallest absolute Gasteiger partial charge is 0.409 e. The van der Waals surface area contributed by atoms with Gasteiger partial charge >= 0.3 is 6.09 Å². The lowest BCUT2D eigenvalue weighted by Gasteiger charge is -2.38. The van der Waals surface area contributed by atoms with Gasteiger partial charge in [-0.25, -0.2) is 4.79 Å². The summed E-state index contributed by atoms with van der Waals surface area (Å²) >= 11 is 0. The van der Waals surface area contributed by atoms with Gasteiger partial charge < -0.3 is 14.5 Å². The molecule has 112 valence electrons. The van der Waals surface area contributed by atoms with E-state index in [2.05, 4.69) is 30.8 Å². The van der Waals surface area contributed by atoms with E-state index in [0.717, 1.165) is 45.6 Å². The van der Waals surface area contributed by atoms with Crippen molar-refractivity contribution in [1.29, 1.82) is 0 Å². The first-order chi connectivity index (χ1) is 9.08. The zero-order chi connectivity index (χ0) is 14.3. The molecule has 19 heavy (non-hydrogen) atoms. The number of ether oxygens (including phenoxy) is 1. The van der Waals surface area contributed by atoms with Gasteiger partial charge in [-0.05, 0) is 40.4 Å². The SMILES string of the molecule is CCOC(=O)N1CCC(N(CC)CCN(C)C)CC1. The largest absolute Gasteiger partial charge is 0.450 e. The van der Waals surface area contributed by atoms with E-state index in [9.17, 15) is 4.79 Å². The lowest BCUT2D eigenvalue weighted by molar-refractivity contribution is 0.0743. The normalized spacial score (nSPS) is 17.3. The fraction of sp³-hybridized carbons (Fsp3) is 0.929. The molecule has 1 saturated heterocycles. The number of likely N-dealkylation sites (N-methyl/N-ethyl adjacent to an activating group) is 2. The Balaban J connectivity index is 2.36. The van der Waals surface area contributed by atoms with Crippen LogP contribution in [0.3, 0.4) is 0 Å². The molecule has 0 aliphatic carbocycles. The summed E-state index contributed by atoms with van der Waals surface area (Å²) in [5.41, 5.74) is 0. The van der Waals surface area contributed by atoms with Gasteiger partial charge in [-0.15, -0.1) is 0 Å². The predicted molar refractivity (Wildman–Crippen MR) is 77.4 cm³/mol. The maximum absolute atomic E-state index is 11.6. The Kier molecular flexibility index (Phi) is 7.16. The average Bonchev–Trinajstić information content (AvgIpc) is 2.40. The molecular formula is C14H29N3O2. The lowest BCUT2D eigenvalue weighted by Crippen LogP contribution is -2.48. The summed E-state index contributed by atoms with van der Waals surface area (Å²) in [4.78, 5) is 18.2. The van der Waals surface area contributed by atoms with E-state index in [1.165, 1.54) is 0 Å². The standard InChI is InChI=1S/C14H29N3O2/c1-5-16(12-11-15(3)4)13-7-9-17(10-8-13)14(18)19-6-2/h13H,5-12H2,1-4H3. The van der Waals surface area contributed by atoms with Crippen LogP contribution in [0.25, 0.3) is 0 Å². The summed E-state index contributed by atoms with van der Waals surface area (Å²) in [6, 6.07) is 0.607. The van der Waals surface area contributed by atoms with Gasteiger partial charge in [0.1, 0.15) is 0 Å². The number of carbonyl (C=O) groups excluding carboxylic acids is 1. The van der Waals surface area contributed by atoms with Crippen LogP contribution in [0.4, 0.5) is 4.79 Å². The van der Waals surface area contributed by atoms with E-state index in [0.29, 0.717) is 12.6 Å². The molecule has 0 atom stereocenters. The molecule has 5 heteroatoms. The molecule has 1 aliphatic rings. The Morgan fingerprint density at radius 3 is 2.32 bits per heavy atom. The monoisotopic (exact) mass is 271 g/mol. The number of hydrogen-bond acceptors (Lipinski definition) is 4. The number of likely N-dealkylation sites (tertiary alicyclic amines) is 1. The molecule has 1 aliphatic heterocycles. The summed E-state index contributed by atoms with van der Waals surface area (Å²) < 4.78 is 5.05. The van der Waals surface area contributed by atoms with E-state index in [1.54, 1.807) is 0 Å². The van der Waals surface area contributed by atoms with Gasteiger partial charge in [-0.2, -0.15) is 0 Å². The van der Waals surface area contributed by atoms with Gasteiger partial charge in [0, 0.05) is 32.2 Å². The fourth-order valence-electron chi connectivity index (χ4n) is 2.56. The number of piperidine rings is 1. The second-order valence-electron chi connectivity index (χ2n) is 5.35. The van der Waals surface area contributed by atoms with E-state index >= 15 is 0 Å². The average molecular weight is 271 g/mol. The van der Waals surface area contributed by atoms with Crippen LogP contribution in [0.2, 0.25) is 0 Å². The minimum absolute atomic E-state index is 0.155. The van der Waals surface area contributed by atoms with Gasteiger partial charge in [0.2, 0.25) is 0 Å². The van der Waals surface area contributed by atoms with Gasteiger partial charge in [-0.3, -0.25) is 4.90 Å². The highest BCUT2D eigenvalue weighted by molar-refractivity contribution is 5.67. The molecule has 0 aromatic heterocycles.